The van der Waals surface area contributed by atoms with Gasteiger partial charge in [-0.3, -0.25) is 0 Å². The maximum Gasteiger partial charge on any atom is 0.366 e. The third kappa shape index (κ3) is 16.9. The molecule has 4 saturated heterocycles. The number of benzene rings is 7. The molecule has 0 aromatic heterocycles. The molecule has 1 unspecified atom stereocenters. The maximum absolute atomic E-state index is 14.1. The zero-order valence-electron chi connectivity index (χ0n) is 50.7. The Labute approximate surface area is 521 Å². The predicted octanol–water partition coefficient (Wildman–Crippen LogP) is 10.6. The minimum atomic E-state index is -2.00. The molecule has 11 rings (SSSR count). The highest BCUT2D eigenvalue weighted by Crippen LogP contribution is 2.44. The number of hydrogen-bond donors (Lipinski definition) is 0. The molecule has 0 bridgehead atoms. The predicted molar refractivity (Wildman–Crippen MR) is 326 cm³/mol. The van der Waals surface area contributed by atoms with E-state index in [1.807, 2.05) is 219 Å². The van der Waals surface area contributed by atoms with Crippen LogP contribution in [0.4, 0.5) is 0 Å². The van der Waals surface area contributed by atoms with Gasteiger partial charge >= 0.3 is 5.97 Å². The van der Waals surface area contributed by atoms with Gasteiger partial charge in [0.05, 0.1) is 72.7 Å². The van der Waals surface area contributed by atoms with Crippen molar-refractivity contribution in [1.29, 1.82) is 0 Å². The van der Waals surface area contributed by atoms with Crippen LogP contribution in [0.3, 0.4) is 0 Å². The maximum atomic E-state index is 14.1. The van der Waals surface area contributed by atoms with Gasteiger partial charge in [-0.05, 0) is 45.9 Å². The van der Waals surface area contributed by atoms with Crippen molar-refractivity contribution in [3.63, 3.8) is 0 Å². The number of ether oxygens (including phenoxy) is 16. The van der Waals surface area contributed by atoms with E-state index in [4.69, 9.17) is 75.8 Å². The van der Waals surface area contributed by atoms with Crippen LogP contribution >= 0.6 is 0 Å². The van der Waals surface area contributed by atoms with E-state index in [-0.39, 0.29) is 59.5 Å². The van der Waals surface area contributed by atoms with Gasteiger partial charge in [0.2, 0.25) is 0 Å². The fourth-order valence-corrected chi connectivity index (χ4v) is 11.7. The van der Waals surface area contributed by atoms with Gasteiger partial charge in [-0.2, -0.15) is 0 Å². The monoisotopic (exact) mass is 1220 g/mol. The summed E-state index contributed by atoms with van der Waals surface area (Å²) in [5, 5.41) is 0. The van der Waals surface area contributed by atoms with E-state index < -0.39 is 104 Å². The van der Waals surface area contributed by atoms with Gasteiger partial charge in [0.25, 0.3) is 5.79 Å². The van der Waals surface area contributed by atoms with Gasteiger partial charge in [0.15, 0.2) is 18.9 Å². The average Bonchev–Trinajstić information content (AvgIpc) is 1.83. The van der Waals surface area contributed by atoms with Crippen LogP contribution in [0.5, 0.6) is 0 Å². The largest absolute Gasteiger partial charge is 0.465 e. The fraction of sp³-hybridized carbons (Fsp3) is 0.403. The van der Waals surface area contributed by atoms with Crippen molar-refractivity contribution in [2.75, 3.05) is 27.4 Å². The Balaban J connectivity index is 0.984. The fourth-order valence-electron chi connectivity index (χ4n) is 11.7. The number of methoxy groups -OCH3 is 2. The zero-order chi connectivity index (χ0) is 61.2. The Morgan fingerprint density at radius 2 is 0.708 bits per heavy atom. The highest BCUT2D eigenvalue weighted by Gasteiger charge is 2.63. The van der Waals surface area contributed by atoms with E-state index >= 15 is 0 Å². The van der Waals surface area contributed by atoms with Crippen molar-refractivity contribution in [1.82, 2.24) is 0 Å². The van der Waals surface area contributed by atoms with Crippen LogP contribution in [0.15, 0.2) is 212 Å². The average molecular weight is 1220 g/mol. The van der Waals surface area contributed by atoms with E-state index in [2.05, 4.69) is 0 Å². The van der Waals surface area contributed by atoms with Gasteiger partial charge in [0.1, 0.15) is 67.1 Å². The third-order valence-corrected chi connectivity index (χ3v) is 16.2. The minimum absolute atomic E-state index is 0.0601. The van der Waals surface area contributed by atoms with Crippen LogP contribution in [0.1, 0.15) is 52.8 Å². The number of carbonyl (C=O) groups is 1. The highest BCUT2D eigenvalue weighted by atomic mass is 16.8. The second-order valence-electron chi connectivity index (χ2n) is 22.6. The summed E-state index contributed by atoms with van der Waals surface area (Å²) in [6, 6.07) is 69.0. The molecule has 0 N–H and O–H groups in total. The van der Waals surface area contributed by atoms with Gasteiger partial charge in [-0.15, -0.1) is 0 Å². The minimum Gasteiger partial charge on any atom is -0.465 e. The molecule has 0 saturated carbocycles. The standard InChI is InChI=1S/C72H80O17/c1-49-59(78-42-52-30-16-7-17-31-52)63(66(68(74-3)83-49)82-46-56-38-24-11-25-39-56)87-70-67-64(88-72(2,89-67)71(73)75-4)61(58(85-70)48-77-41-51-28-14-6-15-29-51)86-69-65(81-45-55-36-22-10-23-37-55)62(80-44-54-34-20-9-21-35-54)60(79-43-53-32-18-8-19-33-53)57(84-69)47-76-40-50-26-12-5-13-27-50/h5-39,49,57-70H,40-48H2,1-4H3/t49-,57+,58+,59-,60-,61-,62-,63+,64-,65+,66+,67+,68+,69+,70+,72?/m0/s1. The summed E-state index contributed by atoms with van der Waals surface area (Å²) in [4.78, 5) is 14.1. The van der Waals surface area contributed by atoms with Gasteiger partial charge in [-0.1, -0.05) is 212 Å². The second-order valence-corrected chi connectivity index (χ2v) is 22.6. The lowest BCUT2D eigenvalue weighted by atomic mass is 9.95. The molecule has 470 valence electrons. The molecule has 16 atom stereocenters. The Morgan fingerprint density at radius 1 is 0.371 bits per heavy atom. The van der Waals surface area contributed by atoms with Gasteiger partial charge < -0.3 is 75.8 Å². The summed E-state index contributed by atoms with van der Waals surface area (Å²) >= 11 is 0. The van der Waals surface area contributed by atoms with Gasteiger partial charge in [0, 0.05) is 14.0 Å². The van der Waals surface area contributed by atoms with Crippen molar-refractivity contribution in [3.05, 3.63) is 251 Å². The van der Waals surface area contributed by atoms with Gasteiger partial charge in [-0.25, -0.2) is 4.79 Å². The van der Waals surface area contributed by atoms with E-state index in [1.165, 1.54) is 14.0 Å². The number of carbonyl (C=O) groups excluding carboxylic acids is 1. The Bertz CT molecular complexity index is 3160. The first-order chi connectivity index (χ1) is 43.7. The second kappa shape index (κ2) is 31.9. The summed E-state index contributed by atoms with van der Waals surface area (Å²) in [5.74, 6) is -2.79. The molecule has 0 spiro atoms. The molecule has 4 fully saturated rings. The molecular weight excluding hydrogens is 1140 g/mol. The Morgan fingerprint density at radius 3 is 1.12 bits per heavy atom. The normalized spacial score (nSPS) is 29.3. The van der Waals surface area contributed by atoms with Crippen molar-refractivity contribution in [3.8, 4) is 0 Å². The van der Waals surface area contributed by atoms with E-state index in [9.17, 15) is 4.79 Å². The summed E-state index contributed by atoms with van der Waals surface area (Å²) in [5.41, 5.74) is 6.51. The summed E-state index contributed by atoms with van der Waals surface area (Å²) in [6.45, 7) is 4.83. The molecule has 0 amide bonds. The molecule has 0 aliphatic carbocycles. The first-order valence-corrected chi connectivity index (χ1v) is 30.5. The van der Waals surface area contributed by atoms with Crippen LogP contribution in [0.2, 0.25) is 0 Å². The first kappa shape index (κ1) is 64.0. The molecule has 4 aliphatic rings. The summed E-state index contributed by atoms with van der Waals surface area (Å²) in [6.07, 6.45) is -14.7. The lowest BCUT2D eigenvalue weighted by Gasteiger charge is -2.50. The third-order valence-electron chi connectivity index (χ3n) is 16.2. The topological polar surface area (TPSA) is 165 Å². The molecule has 7 aromatic carbocycles. The van der Waals surface area contributed by atoms with E-state index in [0.717, 1.165) is 38.9 Å². The first-order valence-electron chi connectivity index (χ1n) is 30.5. The van der Waals surface area contributed by atoms with Crippen molar-refractivity contribution >= 4 is 5.97 Å². The number of rotatable bonds is 29. The van der Waals surface area contributed by atoms with Crippen molar-refractivity contribution in [2.24, 2.45) is 0 Å². The van der Waals surface area contributed by atoms with Crippen LogP contribution in [-0.2, 0) is 127 Å². The lowest BCUT2D eigenvalue weighted by Crippen LogP contribution is -2.67. The molecule has 7 aromatic rings. The summed E-state index contributed by atoms with van der Waals surface area (Å²) in [7, 11) is 2.83. The van der Waals surface area contributed by atoms with Crippen LogP contribution in [0.25, 0.3) is 0 Å². The molecule has 4 heterocycles. The molecule has 17 heteroatoms. The molecule has 0 radical (unpaired) electrons. The number of fused-ring (bicyclic) bond motifs is 1. The number of hydrogen-bond acceptors (Lipinski definition) is 17. The summed E-state index contributed by atoms with van der Waals surface area (Å²) < 4.78 is 109. The van der Waals surface area contributed by atoms with E-state index in [0.29, 0.717) is 0 Å². The molecule has 89 heavy (non-hydrogen) atoms. The van der Waals surface area contributed by atoms with E-state index in [1.54, 1.807) is 7.11 Å². The quantitative estimate of drug-likeness (QED) is 0.0406. The molecule has 4 aliphatic heterocycles. The van der Waals surface area contributed by atoms with Crippen molar-refractivity contribution < 1.29 is 80.6 Å². The number of esters is 1. The zero-order valence-corrected chi connectivity index (χ0v) is 50.7. The Kier molecular flexibility index (Phi) is 22.9. The van der Waals surface area contributed by atoms with Crippen LogP contribution in [0, 0.1) is 0 Å². The Hall–Kier alpha value is -6.59. The molecule has 17 nitrogen and oxygen atoms in total. The lowest BCUT2D eigenvalue weighted by molar-refractivity contribution is -0.379. The SMILES string of the molecule is COC(=O)C1(C)O[C@H]2[C@@H](O[C@H]3O[C@H](COCc4ccccc4)[C@H](OCc4ccccc4)[C@H](OCc4ccccc4)[C@H]3OCc3ccccc3)[C@@H](COCc3ccccc3)O[C@H](O[C@@H]3[C@@H](OCc4ccccc4)[C@H](C)O[C@@H](OC)[C@@H]3OCc3ccccc3)[C@@H]2O1. The van der Waals surface area contributed by atoms with Crippen molar-refractivity contribution in [2.45, 2.75) is 158 Å². The van der Waals surface area contributed by atoms with Crippen LogP contribution < -0.4 is 0 Å². The smallest absolute Gasteiger partial charge is 0.366 e. The molecular formula is C72H80O17. The highest BCUT2D eigenvalue weighted by molar-refractivity contribution is 5.77. The van der Waals surface area contributed by atoms with Crippen LogP contribution in [-0.4, -0.2) is 131 Å².